The minimum Gasteiger partial charge on any atom is -0.496 e. The molecule has 1 atom stereocenters. The molecule has 0 bridgehead atoms. The maximum Gasteiger partial charge on any atom is 0.327 e. The van der Waals surface area contributed by atoms with Crippen molar-refractivity contribution in [2.75, 3.05) is 14.2 Å². The van der Waals surface area contributed by atoms with E-state index in [0.29, 0.717) is 11.8 Å². The second-order valence-electron chi connectivity index (χ2n) is 4.85. The first kappa shape index (κ1) is 13.9. The monoisotopic (exact) mass is 263 g/mol. The SMILES string of the molecule is COC(=O)C(NC1CCCC1)c1ccccc1OC. The number of methoxy groups -OCH3 is 2. The van der Waals surface area contributed by atoms with Gasteiger partial charge in [-0.2, -0.15) is 0 Å². The van der Waals surface area contributed by atoms with Crippen molar-refractivity contribution in [3.63, 3.8) is 0 Å². The number of rotatable bonds is 5. The van der Waals surface area contributed by atoms with E-state index in [4.69, 9.17) is 9.47 Å². The number of carbonyl (C=O) groups excluding carboxylic acids is 1. The smallest absolute Gasteiger partial charge is 0.327 e. The van der Waals surface area contributed by atoms with E-state index in [1.54, 1.807) is 7.11 Å². The van der Waals surface area contributed by atoms with E-state index in [1.165, 1.54) is 20.0 Å². The first-order chi connectivity index (χ1) is 9.26. The topological polar surface area (TPSA) is 47.6 Å². The van der Waals surface area contributed by atoms with E-state index in [0.717, 1.165) is 18.4 Å². The molecule has 0 radical (unpaired) electrons. The summed E-state index contributed by atoms with van der Waals surface area (Å²) < 4.78 is 10.3. The molecule has 2 rings (SSSR count). The Morgan fingerprint density at radius 3 is 2.58 bits per heavy atom. The average Bonchev–Trinajstić information content (AvgIpc) is 2.97. The predicted molar refractivity (Wildman–Crippen MR) is 73.1 cm³/mol. The molecule has 0 heterocycles. The van der Waals surface area contributed by atoms with Gasteiger partial charge in [-0.25, -0.2) is 4.79 Å². The molecule has 1 aromatic rings. The first-order valence-corrected chi connectivity index (χ1v) is 6.73. The summed E-state index contributed by atoms with van der Waals surface area (Å²) in [7, 11) is 3.03. The lowest BCUT2D eigenvalue weighted by atomic mass is 10.0. The summed E-state index contributed by atoms with van der Waals surface area (Å²) in [5.41, 5.74) is 0.837. The van der Waals surface area contributed by atoms with Gasteiger partial charge in [0, 0.05) is 11.6 Å². The third-order valence-electron chi connectivity index (χ3n) is 3.64. The molecule has 1 aromatic carbocycles. The molecule has 1 N–H and O–H groups in total. The highest BCUT2D eigenvalue weighted by Gasteiger charge is 2.28. The van der Waals surface area contributed by atoms with Crippen LogP contribution in [-0.4, -0.2) is 26.2 Å². The van der Waals surface area contributed by atoms with Crippen LogP contribution in [0.5, 0.6) is 5.75 Å². The summed E-state index contributed by atoms with van der Waals surface area (Å²) in [4.78, 5) is 12.0. The minimum absolute atomic E-state index is 0.267. The van der Waals surface area contributed by atoms with Crippen LogP contribution in [0.3, 0.4) is 0 Å². The molecule has 0 spiro atoms. The van der Waals surface area contributed by atoms with Crippen LogP contribution in [0.15, 0.2) is 24.3 Å². The van der Waals surface area contributed by atoms with Gasteiger partial charge in [0.05, 0.1) is 14.2 Å². The Morgan fingerprint density at radius 1 is 1.26 bits per heavy atom. The van der Waals surface area contributed by atoms with Gasteiger partial charge in [0.25, 0.3) is 0 Å². The normalized spacial score (nSPS) is 17.2. The summed E-state index contributed by atoms with van der Waals surface area (Å²) in [6.07, 6.45) is 4.67. The summed E-state index contributed by atoms with van der Waals surface area (Å²) in [5, 5.41) is 3.40. The van der Waals surface area contributed by atoms with Crippen molar-refractivity contribution < 1.29 is 14.3 Å². The van der Waals surface area contributed by atoms with Crippen molar-refractivity contribution in [1.29, 1.82) is 0 Å². The molecule has 1 aliphatic carbocycles. The Balaban J connectivity index is 2.23. The van der Waals surface area contributed by atoms with Gasteiger partial charge in [-0.1, -0.05) is 31.0 Å². The molecule has 0 amide bonds. The second kappa shape index (κ2) is 6.57. The molecule has 104 valence electrons. The highest BCUT2D eigenvalue weighted by molar-refractivity contribution is 5.78. The van der Waals surface area contributed by atoms with Crippen molar-refractivity contribution in [3.05, 3.63) is 29.8 Å². The molecule has 0 aliphatic heterocycles. The molecule has 1 aliphatic rings. The van der Waals surface area contributed by atoms with E-state index in [1.807, 2.05) is 24.3 Å². The Morgan fingerprint density at radius 2 is 1.95 bits per heavy atom. The van der Waals surface area contributed by atoms with Crippen LogP contribution in [0, 0.1) is 0 Å². The van der Waals surface area contributed by atoms with Gasteiger partial charge in [0.15, 0.2) is 0 Å². The molecular weight excluding hydrogens is 242 g/mol. The number of hydrogen-bond acceptors (Lipinski definition) is 4. The second-order valence-corrected chi connectivity index (χ2v) is 4.85. The van der Waals surface area contributed by atoms with Gasteiger partial charge >= 0.3 is 5.97 Å². The lowest BCUT2D eigenvalue weighted by molar-refractivity contribution is -0.143. The zero-order valence-corrected chi connectivity index (χ0v) is 11.5. The molecule has 1 saturated carbocycles. The van der Waals surface area contributed by atoms with Crippen molar-refractivity contribution in [2.45, 2.75) is 37.8 Å². The molecule has 4 heteroatoms. The van der Waals surface area contributed by atoms with Crippen LogP contribution < -0.4 is 10.1 Å². The van der Waals surface area contributed by atoms with Gasteiger partial charge < -0.3 is 9.47 Å². The van der Waals surface area contributed by atoms with E-state index >= 15 is 0 Å². The quantitative estimate of drug-likeness (QED) is 0.829. The number of carbonyl (C=O) groups is 1. The maximum absolute atomic E-state index is 12.0. The maximum atomic E-state index is 12.0. The highest BCUT2D eigenvalue weighted by Crippen LogP contribution is 2.28. The Labute approximate surface area is 114 Å². The number of hydrogen-bond donors (Lipinski definition) is 1. The van der Waals surface area contributed by atoms with E-state index in [2.05, 4.69) is 5.32 Å². The molecule has 0 saturated heterocycles. The van der Waals surface area contributed by atoms with Crippen molar-refractivity contribution in [3.8, 4) is 5.75 Å². The Bertz CT molecular complexity index is 427. The van der Waals surface area contributed by atoms with Crippen LogP contribution in [0.4, 0.5) is 0 Å². The molecule has 1 fully saturated rings. The van der Waals surface area contributed by atoms with Crippen LogP contribution >= 0.6 is 0 Å². The lowest BCUT2D eigenvalue weighted by Gasteiger charge is -2.22. The number of benzene rings is 1. The van der Waals surface area contributed by atoms with Gasteiger partial charge in [-0.3, -0.25) is 5.32 Å². The largest absolute Gasteiger partial charge is 0.496 e. The fourth-order valence-electron chi connectivity index (χ4n) is 2.64. The number of nitrogens with one attached hydrogen (secondary N) is 1. The minimum atomic E-state index is -0.454. The van der Waals surface area contributed by atoms with Crippen LogP contribution in [0.1, 0.15) is 37.3 Å². The first-order valence-electron chi connectivity index (χ1n) is 6.73. The molecule has 1 unspecified atom stereocenters. The van der Waals surface area contributed by atoms with Gasteiger partial charge in [0.2, 0.25) is 0 Å². The number of ether oxygens (including phenoxy) is 2. The number of para-hydroxylation sites is 1. The third-order valence-corrected chi connectivity index (χ3v) is 3.64. The lowest BCUT2D eigenvalue weighted by Crippen LogP contribution is -2.36. The van der Waals surface area contributed by atoms with Gasteiger partial charge in [-0.05, 0) is 18.9 Å². The van der Waals surface area contributed by atoms with E-state index < -0.39 is 6.04 Å². The third kappa shape index (κ3) is 3.26. The summed E-state index contributed by atoms with van der Waals surface area (Å²) in [6, 6.07) is 7.50. The Hall–Kier alpha value is -1.55. The van der Waals surface area contributed by atoms with E-state index in [9.17, 15) is 4.79 Å². The fraction of sp³-hybridized carbons (Fsp3) is 0.533. The molecule has 19 heavy (non-hydrogen) atoms. The number of esters is 1. The molecule has 4 nitrogen and oxygen atoms in total. The standard InChI is InChI=1S/C15H21NO3/c1-18-13-10-6-5-9-12(13)14(15(17)19-2)16-11-7-3-4-8-11/h5-6,9-11,14,16H,3-4,7-8H2,1-2H3. The molecular formula is C15H21NO3. The molecule has 0 aromatic heterocycles. The zero-order chi connectivity index (χ0) is 13.7. The van der Waals surface area contributed by atoms with Crippen LogP contribution in [-0.2, 0) is 9.53 Å². The highest BCUT2D eigenvalue weighted by atomic mass is 16.5. The van der Waals surface area contributed by atoms with Gasteiger partial charge in [0.1, 0.15) is 11.8 Å². The van der Waals surface area contributed by atoms with E-state index in [-0.39, 0.29) is 5.97 Å². The summed E-state index contributed by atoms with van der Waals surface area (Å²) in [5.74, 6) is 0.444. The fourth-order valence-corrected chi connectivity index (χ4v) is 2.64. The van der Waals surface area contributed by atoms with Gasteiger partial charge in [-0.15, -0.1) is 0 Å². The van der Waals surface area contributed by atoms with Crippen LogP contribution in [0.25, 0.3) is 0 Å². The average molecular weight is 263 g/mol. The summed E-state index contributed by atoms with van der Waals surface area (Å²) >= 11 is 0. The van der Waals surface area contributed by atoms with Crippen molar-refractivity contribution in [1.82, 2.24) is 5.32 Å². The predicted octanol–water partition coefficient (Wildman–Crippen LogP) is 2.44. The van der Waals surface area contributed by atoms with Crippen LogP contribution in [0.2, 0.25) is 0 Å². The van der Waals surface area contributed by atoms with Crippen molar-refractivity contribution in [2.24, 2.45) is 0 Å². The summed E-state index contributed by atoms with van der Waals surface area (Å²) in [6.45, 7) is 0. The zero-order valence-electron chi connectivity index (χ0n) is 11.5. The Kier molecular flexibility index (Phi) is 4.80. The van der Waals surface area contributed by atoms with Crippen molar-refractivity contribution >= 4 is 5.97 Å².